The zero-order valence-corrected chi connectivity index (χ0v) is 12.0. The average Bonchev–Trinajstić information content (AvgIpc) is 2.49. The van der Waals surface area contributed by atoms with Crippen LogP contribution in [0.2, 0.25) is 0 Å². The number of likely N-dealkylation sites (N-methyl/N-ethyl adjacent to an activating group) is 1. The van der Waals surface area contributed by atoms with Crippen LogP contribution in [0.5, 0.6) is 0 Å². The van der Waals surface area contributed by atoms with Crippen LogP contribution < -0.4 is 5.73 Å². The van der Waals surface area contributed by atoms with Crippen LogP contribution in [0.15, 0.2) is 24.3 Å². The fourth-order valence-electron chi connectivity index (χ4n) is 1.92. The molecule has 0 bridgehead atoms. The fraction of sp³-hybridized carbons (Fsp3) is 0.467. The molecule has 0 spiro atoms. The van der Waals surface area contributed by atoms with Gasteiger partial charge in [-0.25, -0.2) is 0 Å². The van der Waals surface area contributed by atoms with E-state index in [1.165, 1.54) is 0 Å². The molecule has 0 aromatic heterocycles. The summed E-state index contributed by atoms with van der Waals surface area (Å²) in [4.78, 5) is 13.9. The van der Waals surface area contributed by atoms with Crippen LogP contribution in [0.25, 0.3) is 0 Å². The maximum absolute atomic E-state index is 12.2. The van der Waals surface area contributed by atoms with Gasteiger partial charge in [0.05, 0.1) is 17.7 Å². The minimum absolute atomic E-state index is 0.114. The Bertz CT molecular complexity index is 482. The van der Waals surface area contributed by atoms with E-state index in [2.05, 4.69) is 6.07 Å². The van der Waals surface area contributed by atoms with Crippen molar-refractivity contribution in [2.45, 2.75) is 25.9 Å². The van der Waals surface area contributed by atoms with Gasteiger partial charge < -0.3 is 15.4 Å². The summed E-state index contributed by atoms with van der Waals surface area (Å²) < 4.78 is 4.94. The summed E-state index contributed by atoms with van der Waals surface area (Å²) in [5.74, 6) is -0.114. The van der Waals surface area contributed by atoms with Crippen LogP contribution in [0.1, 0.15) is 24.5 Å². The summed E-state index contributed by atoms with van der Waals surface area (Å²) in [5.41, 5.74) is 7.29. The lowest BCUT2D eigenvalue weighted by Crippen LogP contribution is -2.44. The van der Waals surface area contributed by atoms with Gasteiger partial charge in [-0.1, -0.05) is 18.2 Å². The Balaban J connectivity index is 2.76. The molecule has 0 fully saturated rings. The third-order valence-corrected chi connectivity index (χ3v) is 3.14. The zero-order valence-electron chi connectivity index (χ0n) is 12.0. The normalized spacial score (nSPS) is 11.7. The monoisotopic (exact) mass is 275 g/mol. The molecule has 108 valence electrons. The van der Waals surface area contributed by atoms with Crippen molar-refractivity contribution in [3.8, 4) is 6.07 Å². The quantitative estimate of drug-likeness (QED) is 0.812. The van der Waals surface area contributed by atoms with Crippen molar-refractivity contribution >= 4 is 5.91 Å². The van der Waals surface area contributed by atoms with Crippen LogP contribution in [-0.4, -0.2) is 37.1 Å². The third kappa shape index (κ3) is 4.34. The fourth-order valence-corrected chi connectivity index (χ4v) is 1.92. The number of rotatable bonds is 7. The van der Waals surface area contributed by atoms with Crippen molar-refractivity contribution in [2.75, 3.05) is 20.3 Å². The second kappa shape index (κ2) is 8.31. The Hall–Kier alpha value is -1.90. The molecule has 0 heterocycles. The number of amides is 1. The highest BCUT2D eigenvalue weighted by Crippen LogP contribution is 2.11. The van der Waals surface area contributed by atoms with Crippen LogP contribution >= 0.6 is 0 Å². The molecule has 1 aromatic rings. The first-order valence-electron chi connectivity index (χ1n) is 6.65. The summed E-state index contributed by atoms with van der Waals surface area (Å²) in [6, 6.07) is 8.85. The van der Waals surface area contributed by atoms with Crippen molar-refractivity contribution < 1.29 is 9.53 Å². The molecule has 0 saturated heterocycles. The van der Waals surface area contributed by atoms with Gasteiger partial charge in [-0.15, -0.1) is 0 Å². The van der Waals surface area contributed by atoms with E-state index in [1.54, 1.807) is 18.1 Å². The van der Waals surface area contributed by atoms with Gasteiger partial charge in [-0.3, -0.25) is 4.79 Å². The summed E-state index contributed by atoms with van der Waals surface area (Å²) >= 11 is 0. The van der Waals surface area contributed by atoms with Gasteiger partial charge in [0.15, 0.2) is 0 Å². The number of carbonyl (C=O) groups excluding carboxylic acids is 1. The SMILES string of the molecule is CCN(Cc1ccccc1C#N)C(=O)C(N)CCOC. The van der Waals surface area contributed by atoms with E-state index in [0.717, 1.165) is 5.56 Å². The van der Waals surface area contributed by atoms with Crippen molar-refractivity contribution in [3.05, 3.63) is 35.4 Å². The minimum atomic E-state index is -0.566. The molecular formula is C15H21N3O2. The Kier molecular flexibility index (Phi) is 6.71. The highest BCUT2D eigenvalue weighted by molar-refractivity contribution is 5.81. The summed E-state index contributed by atoms with van der Waals surface area (Å²) in [6.07, 6.45) is 0.492. The van der Waals surface area contributed by atoms with E-state index in [0.29, 0.717) is 31.7 Å². The van der Waals surface area contributed by atoms with Crippen molar-refractivity contribution in [1.82, 2.24) is 4.90 Å². The molecule has 0 aliphatic rings. The number of benzene rings is 1. The number of hydrogen-bond acceptors (Lipinski definition) is 4. The second-order valence-electron chi connectivity index (χ2n) is 4.51. The Morgan fingerprint density at radius 1 is 1.50 bits per heavy atom. The van der Waals surface area contributed by atoms with Crippen molar-refractivity contribution in [2.24, 2.45) is 5.73 Å². The highest BCUT2D eigenvalue weighted by atomic mass is 16.5. The van der Waals surface area contributed by atoms with E-state index in [4.69, 9.17) is 15.7 Å². The zero-order chi connectivity index (χ0) is 15.0. The number of hydrogen-bond donors (Lipinski definition) is 1. The van der Waals surface area contributed by atoms with Gasteiger partial charge in [-0.05, 0) is 25.0 Å². The standard InChI is InChI=1S/C15H21N3O2/c1-3-18(15(19)14(17)8-9-20-2)11-13-7-5-4-6-12(13)10-16/h4-7,14H,3,8-9,11,17H2,1-2H3. The lowest BCUT2D eigenvalue weighted by atomic mass is 10.1. The summed E-state index contributed by atoms with van der Waals surface area (Å²) in [7, 11) is 1.58. The van der Waals surface area contributed by atoms with Gasteiger partial charge in [0, 0.05) is 26.8 Å². The van der Waals surface area contributed by atoms with Crippen LogP contribution in [-0.2, 0) is 16.1 Å². The van der Waals surface area contributed by atoms with Gasteiger partial charge in [0.25, 0.3) is 0 Å². The van der Waals surface area contributed by atoms with Crippen LogP contribution in [0.3, 0.4) is 0 Å². The molecule has 1 rings (SSSR count). The molecule has 2 N–H and O–H groups in total. The van der Waals surface area contributed by atoms with Gasteiger partial charge >= 0.3 is 0 Å². The average molecular weight is 275 g/mol. The van der Waals surface area contributed by atoms with E-state index in [-0.39, 0.29) is 5.91 Å². The number of ether oxygens (including phenoxy) is 1. The second-order valence-corrected chi connectivity index (χ2v) is 4.51. The molecule has 5 heteroatoms. The predicted octanol–water partition coefficient (Wildman–Crippen LogP) is 1.27. The van der Waals surface area contributed by atoms with E-state index >= 15 is 0 Å². The van der Waals surface area contributed by atoms with Gasteiger partial charge in [0.2, 0.25) is 5.91 Å². The maximum Gasteiger partial charge on any atom is 0.239 e. The first-order chi connectivity index (χ1) is 9.63. The largest absolute Gasteiger partial charge is 0.385 e. The summed E-state index contributed by atoms with van der Waals surface area (Å²) in [6.45, 7) is 3.31. The molecule has 0 aliphatic heterocycles. The lowest BCUT2D eigenvalue weighted by molar-refractivity contribution is -0.133. The number of carbonyl (C=O) groups is 1. The highest BCUT2D eigenvalue weighted by Gasteiger charge is 2.20. The first-order valence-corrected chi connectivity index (χ1v) is 6.65. The smallest absolute Gasteiger partial charge is 0.239 e. The van der Waals surface area contributed by atoms with E-state index in [9.17, 15) is 4.79 Å². The Morgan fingerprint density at radius 3 is 2.80 bits per heavy atom. The molecule has 1 unspecified atom stereocenters. The number of methoxy groups -OCH3 is 1. The van der Waals surface area contributed by atoms with Gasteiger partial charge in [-0.2, -0.15) is 5.26 Å². The van der Waals surface area contributed by atoms with Gasteiger partial charge in [0.1, 0.15) is 0 Å². The Morgan fingerprint density at radius 2 is 2.20 bits per heavy atom. The minimum Gasteiger partial charge on any atom is -0.385 e. The predicted molar refractivity (Wildman–Crippen MR) is 76.7 cm³/mol. The summed E-state index contributed by atoms with van der Waals surface area (Å²) in [5, 5.41) is 9.07. The van der Waals surface area contributed by atoms with Crippen molar-refractivity contribution in [3.63, 3.8) is 0 Å². The molecule has 5 nitrogen and oxygen atoms in total. The van der Waals surface area contributed by atoms with Crippen molar-refractivity contribution in [1.29, 1.82) is 5.26 Å². The molecule has 1 aromatic carbocycles. The molecule has 0 saturated carbocycles. The molecule has 20 heavy (non-hydrogen) atoms. The molecular weight excluding hydrogens is 254 g/mol. The number of nitriles is 1. The molecule has 0 radical (unpaired) electrons. The number of nitrogens with two attached hydrogens (primary N) is 1. The van der Waals surface area contributed by atoms with Crippen LogP contribution in [0.4, 0.5) is 0 Å². The maximum atomic E-state index is 12.2. The van der Waals surface area contributed by atoms with E-state index in [1.807, 2.05) is 25.1 Å². The third-order valence-electron chi connectivity index (χ3n) is 3.14. The first kappa shape index (κ1) is 16.2. The molecule has 1 atom stereocenters. The Labute approximate surface area is 119 Å². The lowest BCUT2D eigenvalue weighted by Gasteiger charge is -2.24. The number of nitrogens with zero attached hydrogens (tertiary/aromatic N) is 2. The van der Waals surface area contributed by atoms with Crippen LogP contribution in [0, 0.1) is 11.3 Å². The molecule has 1 amide bonds. The van der Waals surface area contributed by atoms with E-state index < -0.39 is 6.04 Å². The topological polar surface area (TPSA) is 79.4 Å². The molecule has 0 aliphatic carbocycles.